The first kappa shape index (κ1) is 21.5. The van der Waals surface area contributed by atoms with Crippen molar-refractivity contribution in [2.45, 2.75) is 58.0 Å². The molecule has 0 unspecified atom stereocenters. The van der Waals surface area contributed by atoms with Crippen molar-refractivity contribution >= 4 is 0 Å². The highest BCUT2D eigenvalue weighted by Gasteiger charge is 2.36. The van der Waals surface area contributed by atoms with Gasteiger partial charge in [-0.2, -0.15) is 0 Å². The van der Waals surface area contributed by atoms with E-state index < -0.39 is 36.9 Å². The lowest BCUT2D eigenvalue weighted by Gasteiger charge is -2.32. The molecule has 0 saturated carbocycles. The van der Waals surface area contributed by atoms with Crippen molar-refractivity contribution in [1.29, 1.82) is 0 Å². The maximum absolute atomic E-state index is 10.9. The Morgan fingerprint density at radius 2 is 1.07 bits per heavy atom. The van der Waals surface area contributed by atoms with E-state index >= 15 is 0 Å². The molecule has 4 atom stereocenters. The molecule has 5 heteroatoms. The highest BCUT2D eigenvalue weighted by atomic mass is 16.4. The van der Waals surface area contributed by atoms with Crippen LogP contribution in [0.25, 0.3) is 0 Å². The summed E-state index contributed by atoms with van der Waals surface area (Å²) in [5.41, 5.74) is 5.95. The zero-order valence-electron chi connectivity index (χ0n) is 16.3. The van der Waals surface area contributed by atoms with Crippen molar-refractivity contribution in [3.8, 4) is 0 Å². The van der Waals surface area contributed by atoms with Crippen LogP contribution in [0.1, 0.15) is 39.3 Å². The maximum atomic E-state index is 10.9. The molecule has 0 heterocycles. The molecule has 0 aliphatic rings. The fourth-order valence-corrected chi connectivity index (χ4v) is 3.24. The van der Waals surface area contributed by atoms with Gasteiger partial charge in [-0.15, -0.1) is 0 Å². The largest absolute Gasteiger partial charge is 0.394 e. The van der Waals surface area contributed by atoms with Crippen LogP contribution in [0.4, 0.5) is 0 Å². The van der Waals surface area contributed by atoms with Gasteiger partial charge in [0.2, 0.25) is 0 Å². The minimum absolute atomic E-state index is 0.598. The van der Waals surface area contributed by atoms with Gasteiger partial charge in [0.05, 0.1) is 12.7 Å². The fourth-order valence-electron chi connectivity index (χ4n) is 3.24. The van der Waals surface area contributed by atoms with Crippen molar-refractivity contribution in [1.82, 2.24) is 0 Å². The molecule has 5 N–H and O–H groups in total. The lowest BCUT2D eigenvalue weighted by atomic mass is 9.81. The van der Waals surface area contributed by atoms with E-state index in [4.69, 9.17) is 5.11 Å². The van der Waals surface area contributed by atoms with Crippen LogP contribution < -0.4 is 0 Å². The second-order valence-electron chi connectivity index (χ2n) is 7.39. The van der Waals surface area contributed by atoms with E-state index in [-0.39, 0.29) is 0 Å². The van der Waals surface area contributed by atoms with E-state index in [2.05, 4.69) is 0 Å². The summed E-state index contributed by atoms with van der Waals surface area (Å²) in [6.45, 7) is 7.24. The van der Waals surface area contributed by atoms with Crippen molar-refractivity contribution < 1.29 is 25.5 Å². The summed E-state index contributed by atoms with van der Waals surface area (Å²) in [6, 6.07) is 11.6. The summed E-state index contributed by atoms with van der Waals surface area (Å²) >= 11 is 0. The molecule has 0 aliphatic heterocycles. The first-order valence-corrected chi connectivity index (χ1v) is 9.14. The highest BCUT2D eigenvalue weighted by Crippen LogP contribution is 2.33. The smallest absolute Gasteiger partial charge is 0.111 e. The number of benzene rings is 2. The second-order valence-corrected chi connectivity index (χ2v) is 7.39. The van der Waals surface area contributed by atoms with Crippen LogP contribution in [0.5, 0.6) is 0 Å². The average Bonchev–Trinajstić information content (AvgIpc) is 2.65. The minimum Gasteiger partial charge on any atom is -0.394 e. The zero-order chi connectivity index (χ0) is 20.3. The molecule has 0 fully saturated rings. The van der Waals surface area contributed by atoms with Gasteiger partial charge in [0, 0.05) is 5.92 Å². The molecule has 2 aromatic rings. The summed E-state index contributed by atoms with van der Waals surface area (Å²) in [5, 5.41) is 50.1. The molecule has 148 valence electrons. The normalized spacial score (nSPS) is 16.2. The van der Waals surface area contributed by atoms with E-state index in [1.165, 1.54) is 0 Å². The third kappa shape index (κ3) is 4.75. The Balaban J connectivity index is 2.51. The topological polar surface area (TPSA) is 101 Å². The van der Waals surface area contributed by atoms with Gasteiger partial charge in [-0.25, -0.2) is 0 Å². The monoisotopic (exact) mass is 374 g/mol. The summed E-state index contributed by atoms with van der Waals surface area (Å²) in [7, 11) is 0. The molecule has 0 aromatic heterocycles. The van der Waals surface area contributed by atoms with Crippen molar-refractivity contribution in [3.05, 3.63) is 69.8 Å². The Morgan fingerprint density at radius 1 is 0.630 bits per heavy atom. The standard InChI is InChI=1S/C22H30O5/c1-12-5-7-16(9-14(12)3)19(17-8-6-13(2)15(4)10-17)21(26)22(27)20(25)18(24)11-23/h5-10,18-27H,11H2,1-4H3/t18-,20-,21+,22+/m1/s1. The Bertz CT molecular complexity index is 722. The van der Waals surface area contributed by atoms with Gasteiger partial charge in [-0.1, -0.05) is 36.4 Å². The Morgan fingerprint density at radius 3 is 1.44 bits per heavy atom. The van der Waals surface area contributed by atoms with Gasteiger partial charge >= 0.3 is 0 Å². The van der Waals surface area contributed by atoms with E-state index in [9.17, 15) is 20.4 Å². The summed E-state index contributed by atoms with van der Waals surface area (Å²) < 4.78 is 0. The number of aliphatic hydroxyl groups excluding tert-OH is 5. The lowest BCUT2D eigenvalue weighted by molar-refractivity contribution is -0.117. The van der Waals surface area contributed by atoms with Crippen LogP contribution in [0.15, 0.2) is 36.4 Å². The van der Waals surface area contributed by atoms with Gasteiger partial charge < -0.3 is 25.5 Å². The van der Waals surface area contributed by atoms with Crippen LogP contribution >= 0.6 is 0 Å². The lowest BCUT2D eigenvalue weighted by Crippen LogP contribution is -2.48. The minimum atomic E-state index is -1.66. The number of aryl methyl sites for hydroxylation is 4. The molecule has 0 radical (unpaired) electrons. The molecule has 27 heavy (non-hydrogen) atoms. The van der Waals surface area contributed by atoms with Crippen molar-refractivity contribution in [2.75, 3.05) is 6.61 Å². The summed E-state index contributed by atoms with van der Waals surface area (Å²) in [5.74, 6) is -0.598. The number of hydrogen-bond donors (Lipinski definition) is 5. The van der Waals surface area contributed by atoms with E-state index in [0.717, 1.165) is 33.4 Å². The van der Waals surface area contributed by atoms with Crippen LogP contribution in [0.2, 0.25) is 0 Å². The summed E-state index contributed by atoms with van der Waals surface area (Å²) in [6.07, 6.45) is -6.19. The second kappa shape index (κ2) is 8.95. The SMILES string of the molecule is Cc1ccc(C(c2ccc(C)c(C)c2)[C@H](O)[C@@H](O)[C@H](O)[C@H](O)CO)cc1C. The number of rotatable bonds is 7. The quantitative estimate of drug-likeness (QED) is 0.505. The average molecular weight is 374 g/mol. The molecule has 0 spiro atoms. The van der Waals surface area contributed by atoms with Gasteiger partial charge in [-0.3, -0.25) is 0 Å². The predicted octanol–water partition coefficient (Wildman–Crippen LogP) is 1.49. The first-order valence-electron chi connectivity index (χ1n) is 9.14. The van der Waals surface area contributed by atoms with Gasteiger partial charge in [-0.05, 0) is 61.1 Å². The third-order valence-electron chi connectivity index (χ3n) is 5.40. The molecule has 5 nitrogen and oxygen atoms in total. The van der Waals surface area contributed by atoms with Gasteiger partial charge in [0.25, 0.3) is 0 Å². The van der Waals surface area contributed by atoms with E-state index in [1.54, 1.807) is 0 Å². The molecular weight excluding hydrogens is 344 g/mol. The van der Waals surface area contributed by atoms with Crippen LogP contribution in [-0.2, 0) is 0 Å². The third-order valence-corrected chi connectivity index (χ3v) is 5.40. The number of hydrogen-bond acceptors (Lipinski definition) is 5. The van der Waals surface area contributed by atoms with Crippen molar-refractivity contribution in [2.24, 2.45) is 0 Å². The fraction of sp³-hybridized carbons (Fsp3) is 0.455. The Kier molecular flexibility index (Phi) is 7.14. The molecule has 0 amide bonds. The van der Waals surface area contributed by atoms with Crippen LogP contribution in [-0.4, -0.2) is 56.6 Å². The van der Waals surface area contributed by atoms with Crippen molar-refractivity contribution in [3.63, 3.8) is 0 Å². The highest BCUT2D eigenvalue weighted by molar-refractivity contribution is 5.41. The Labute approximate surface area is 160 Å². The van der Waals surface area contributed by atoms with E-state index in [1.807, 2.05) is 64.1 Å². The Hall–Kier alpha value is -1.76. The molecule has 0 aliphatic carbocycles. The number of aliphatic hydroxyl groups is 5. The summed E-state index contributed by atoms with van der Waals surface area (Å²) in [4.78, 5) is 0. The van der Waals surface area contributed by atoms with Crippen LogP contribution in [0.3, 0.4) is 0 Å². The molecule has 2 aromatic carbocycles. The predicted molar refractivity (Wildman–Crippen MR) is 105 cm³/mol. The maximum Gasteiger partial charge on any atom is 0.111 e. The zero-order valence-corrected chi connectivity index (χ0v) is 16.3. The first-order chi connectivity index (χ1) is 12.7. The molecule has 2 rings (SSSR count). The van der Waals surface area contributed by atoms with Gasteiger partial charge in [0.1, 0.15) is 18.3 Å². The van der Waals surface area contributed by atoms with Gasteiger partial charge in [0.15, 0.2) is 0 Å². The van der Waals surface area contributed by atoms with E-state index in [0.29, 0.717) is 0 Å². The van der Waals surface area contributed by atoms with Crippen LogP contribution in [0, 0.1) is 27.7 Å². The molecular formula is C22H30O5. The molecule has 0 bridgehead atoms. The molecule has 0 saturated heterocycles.